The highest BCUT2D eigenvalue weighted by Crippen LogP contribution is 2.28. The third-order valence-electron chi connectivity index (χ3n) is 3.79. The minimum absolute atomic E-state index is 0.225. The minimum Gasteiger partial charge on any atom is -0.479 e. The maximum Gasteiger partial charge on any atom is 0.334 e. The average Bonchev–Trinajstić information content (AvgIpc) is 2.99. The van der Waals surface area contributed by atoms with E-state index in [1.54, 1.807) is 31.2 Å². The molecule has 0 aromatic heterocycles. The maximum absolute atomic E-state index is 12.2. The molecule has 1 aliphatic heterocycles. The lowest BCUT2D eigenvalue weighted by Crippen LogP contribution is -2.54. The molecule has 0 saturated carbocycles. The van der Waals surface area contributed by atoms with Crippen LogP contribution in [-0.4, -0.2) is 29.7 Å². The molecule has 1 aromatic rings. The first-order chi connectivity index (χ1) is 9.99. The number of carboxylic acid groups (broad SMARTS) is 1. The number of carbonyl (C=O) groups excluding carboxylic acids is 1. The number of nitrogens with one attached hydrogen (secondary N) is 1. The second-order valence-electron chi connectivity index (χ2n) is 5.06. The van der Waals surface area contributed by atoms with E-state index >= 15 is 0 Å². The average molecular weight is 312 g/mol. The molecule has 2 N–H and O–H groups in total. The summed E-state index contributed by atoms with van der Waals surface area (Å²) in [6, 6.07) is 6.47. The first-order valence-corrected chi connectivity index (χ1v) is 7.30. The van der Waals surface area contributed by atoms with Gasteiger partial charge in [-0.1, -0.05) is 30.7 Å². The number of benzene rings is 1. The zero-order valence-corrected chi connectivity index (χ0v) is 12.5. The Labute approximate surface area is 128 Å². The molecule has 1 fully saturated rings. The summed E-state index contributed by atoms with van der Waals surface area (Å²) in [4.78, 5) is 24.0. The van der Waals surface area contributed by atoms with Crippen LogP contribution in [0.2, 0.25) is 5.02 Å². The summed E-state index contributed by atoms with van der Waals surface area (Å²) in [5.41, 5.74) is -0.971. The molecule has 1 amide bonds. The third-order valence-corrected chi connectivity index (χ3v) is 4.04. The SMILES string of the molecule is CCC(NC(=O)[C@@H]1CCCO1)(C(=O)O)c1ccc(Cl)cc1. The van der Waals surface area contributed by atoms with Gasteiger partial charge < -0.3 is 15.2 Å². The molecule has 0 bridgehead atoms. The van der Waals surface area contributed by atoms with Gasteiger partial charge in [-0.15, -0.1) is 0 Å². The first-order valence-electron chi connectivity index (χ1n) is 6.92. The second-order valence-corrected chi connectivity index (χ2v) is 5.50. The Kier molecular flexibility index (Phi) is 4.85. The fourth-order valence-corrected chi connectivity index (χ4v) is 2.63. The number of carbonyl (C=O) groups is 2. The van der Waals surface area contributed by atoms with Crippen LogP contribution < -0.4 is 5.32 Å². The normalized spacial score (nSPS) is 20.8. The van der Waals surface area contributed by atoms with Gasteiger partial charge in [0, 0.05) is 11.6 Å². The molecule has 0 radical (unpaired) electrons. The van der Waals surface area contributed by atoms with Gasteiger partial charge in [-0.25, -0.2) is 4.79 Å². The molecule has 21 heavy (non-hydrogen) atoms. The summed E-state index contributed by atoms with van der Waals surface area (Å²) >= 11 is 5.84. The van der Waals surface area contributed by atoms with Gasteiger partial charge in [0.15, 0.2) is 5.54 Å². The van der Waals surface area contributed by atoms with E-state index in [4.69, 9.17) is 16.3 Å². The van der Waals surface area contributed by atoms with Crippen molar-refractivity contribution in [3.05, 3.63) is 34.9 Å². The molecule has 1 saturated heterocycles. The molecular weight excluding hydrogens is 294 g/mol. The third kappa shape index (κ3) is 3.19. The fourth-order valence-electron chi connectivity index (χ4n) is 2.50. The van der Waals surface area contributed by atoms with Crippen molar-refractivity contribution >= 4 is 23.5 Å². The van der Waals surface area contributed by atoms with E-state index in [1.165, 1.54) is 0 Å². The molecule has 1 aliphatic rings. The quantitative estimate of drug-likeness (QED) is 0.875. The monoisotopic (exact) mass is 311 g/mol. The van der Waals surface area contributed by atoms with Crippen molar-refractivity contribution < 1.29 is 19.4 Å². The van der Waals surface area contributed by atoms with Crippen LogP contribution in [0.4, 0.5) is 0 Å². The molecule has 0 spiro atoms. The van der Waals surface area contributed by atoms with Crippen LogP contribution in [0, 0.1) is 0 Å². The van der Waals surface area contributed by atoms with Crippen LogP contribution in [0.5, 0.6) is 0 Å². The summed E-state index contributed by atoms with van der Waals surface area (Å²) in [7, 11) is 0. The Morgan fingerprint density at radius 3 is 2.57 bits per heavy atom. The highest BCUT2D eigenvalue weighted by molar-refractivity contribution is 6.30. The van der Waals surface area contributed by atoms with Crippen LogP contribution in [-0.2, 0) is 19.9 Å². The summed E-state index contributed by atoms with van der Waals surface area (Å²) < 4.78 is 5.31. The highest BCUT2D eigenvalue weighted by atomic mass is 35.5. The van der Waals surface area contributed by atoms with Gasteiger partial charge in [0.1, 0.15) is 6.10 Å². The number of carboxylic acids is 1. The largest absolute Gasteiger partial charge is 0.479 e. The second kappa shape index (κ2) is 6.45. The molecule has 114 valence electrons. The lowest BCUT2D eigenvalue weighted by molar-refractivity contribution is -0.150. The van der Waals surface area contributed by atoms with Crippen LogP contribution >= 0.6 is 11.6 Å². The number of amides is 1. The molecule has 1 aromatic carbocycles. The molecule has 2 atom stereocenters. The summed E-state index contributed by atoms with van der Waals surface area (Å²) in [5, 5.41) is 12.8. The number of aliphatic carboxylic acids is 1. The fraction of sp³-hybridized carbons (Fsp3) is 0.467. The van der Waals surface area contributed by atoms with Crippen molar-refractivity contribution in [2.24, 2.45) is 0 Å². The number of hydrogen-bond donors (Lipinski definition) is 2. The maximum atomic E-state index is 12.2. The topological polar surface area (TPSA) is 75.6 Å². The standard InChI is InChI=1S/C15H18ClNO4/c1-2-15(14(19)20,10-5-7-11(16)8-6-10)17-13(18)12-4-3-9-21-12/h5-8,12H,2-4,9H2,1H3,(H,17,18)(H,19,20)/t12-,15?/m0/s1. The van der Waals surface area contributed by atoms with Crippen LogP contribution in [0.25, 0.3) is 0 Å². The Morgan fingerprint density at radius 1 is 1.43 bits per heavy atom. The van der Waals surface area contributed by atoms with Gasteiger partial charge in [-0.3, -0.25) is 4.79 Å². The van der Waals surface area contributed by atoms with E-state index in [-0.39, 0.29) is 12.3 Å². The Bertz CT molecular complexity index is 525. The molecular formula is C15H18ClNO4. The van der Waals surface area contributed by atoms with Gasteiger partial charge in [0.2, 0.25) is 5.91 Å². The number of rotatable bonds is 5. The van der Waals surface area contributed by atoms with E-state index < -0.39 is 17.6 Å². The van der Waals surface area contributed by atoms with Crippen molar-refractivity contribution in [2.45, 2.75) is 37.8 Å². The van der Waals surface area contributed by atoms with E-state index in [0.29, 0.717) is 23.6 Å². The van der Waals surface area contributed by atoms with Crippen LogP contribution in [0.3, 0.4) is 0 Å². The molecule has 1 heterocycles. The van der Waals surface area contributed by atoms with E-state index in [9.17, 15) is 14.7 Å². The molecule has 0 aliphatic carbocycles. The highest BCUT2D eigenvalue weighted by Gasteiger charge is 2.42. The van der Waals surface area contributed by atoms with Gasteiger partial charge in [-0.05, 0) is 37.0 Å². The van der Waals surface area contributed by atoms with Crippen LogP contribution in [0.1, 0.15) is 31.7 Å². The van der Waals surface area contributed by atoms with Gasteiger partial charge in [0.25, 0.3) is 0 Å². The van der Waals surface area contributed by atoms with E-state index in [0.717, 1.165) is 6.42 Å². The number of halogens is 1. The van der Waals surface area contributed by atoms with Crippen molar-refractivity contribution in [3.63, 3.8) is 0 Å². The van der Waals surface area contributed by atoms with Gasteiger partial charge in [0.05, 0.1) is 0 Å². The molecule has 2 rings (SSSR count). The number of ether oxygens (including phenoxy) is 1. The zero-order chi connectivity index (χ0) is 15.5. The summed E-state index contributed by atoms with van der Waals surface area (Å²) in [5.74, 6) is -1.48. The summed E-state index contributed by atoms with van der Waals surface area (Å²) in [6.45, 7) is 2.25. The molecule has 1 unspecified atom stereocenters. The Hall–Kier alpha value is -1.59. The lowest BCUT2D eigenvalue weighted by Gasteiger charge is -2.31. The van der Waals surface area contributed by atoms with Gasteiger partial charge in [-0.2, -0.15) is 0 Å². The molecule has 6 heteroatoms. The minimum atomic E-state index is -1.46. The van der Waals surface area contributed by atoms with Crippen molar-refractivity contribution in [2.75, 3.05) is 6.61 Å². The lowest BCUT2D eigenvalue weighted by atomic mass is 9.87. The first kappa shape index (κ1) is 15.8. The Balaban J connectivity index is 2.30. The van der Waals surface area contributed by atoms with Gasteiger partial charge >= 0.3 is 5.97 Å². The van der Waals surface area contributed by atoms with Crippen molar-refractivity contribution in [1.82, 2.24) is 5.32 Å². The molecule has 5 nitrogen and oxygen atoms in total. The van der Waals surface area contributed by atoms with E-state index in [2.05, 4.69) is 5.32 Å². The summed E-state index contributed by atoms with van der Waals surface area (Å²) in [6.07, 6.45) is 1.09. The predicted octanol–water partition coefficient (Wildman–Crippen LogP) is 2.33. The predicted molar refractivity (Wildman–Crippen MR) is 78.2 cm³/mol. The van der Waals surface area contributed by atoms with Crippen LogP contribution in [0.15, 0.2) is 24.3 Å². The zero-order valence-electron chi connectivity index (χ0n) is 11.8. The van der Waals surface area contributed by atoms with E-state index in [1.807, 2.05) is 0 Å². The van der Waals surface area contributed by atoms with Crippen molar-refractivity contribution in [3.8, 4) is 0 Å². The smallest absolute Gasteiger partial charge is 0.334 e. The van der Waals surface area contributed by atoms with Crippen molar-refractivity contribution in [1.29, 1.82) is 0 Å². The Morgan fingerprint density at radius 2 is 2.10 bits per heavy atom. The number of hydrogen-bond acceptors (Lipinski definition) is 3.